The van der Waals surface area contributed by atoms with E-state index in [9.17, 15) is 4.79 Å². The third-order valence-corrected chi connectivity index (χ3v) is 3.58. The molecule has 1 aliphatic carbocycles. The normalized spacial score (nSPS) is 21.8. The van der Waals surface area contributed by atoms with Crippen molar-refractivity contribution in [1.29, 1.82) is 0 Å². The third kappa shape index (κ3) is 4.06. The molecule has 1 saturated carbocycles. The summed E-state index contributed by atoms with van der Waals surface area (Å²) in [4.78, 5) is 11.4. The molecule has 0 saturated heterocycles. The largest absolute Gasteiger partial charge is 0.490 e. The molecule has 19 heavy (non-hydrogen) atoms. The summed E-state index contributed by atoms with van der Waals surface area (Å²) < 4.78 is 5.93. The lowest BCUT2D eigenvalue weighted by molar-refractivity contribution is -0.118. The molecule has 1 aliphatic rings. The van der Waals surface area contributed by atoms with Gasteiger partial charge >= 0.3 is 0 Å². The zero-order valence-corrected chi connectivity index (χ0v) is 11.8. The number of carbonyl (C=O) groups is 1. The van der Waals surface area contributed by atoms with Gasteiger partial charge in [-0.2, -0.15) is 0 Å². The van der Waals surface area contributed by atoms with E-state index in [1.54, 1.807) is 0 Å². The number of nitrogens with one attached hydrogen (secondary N) is 1. The summed E-state index contributed by atoms with van der Waals surface area (Å²) in [6.45, 7) is 5.05. The Kier molecular flexibility index (Phi) is 4.97. The van der Waals surface area contributed by atoms with Crippen molar-refractivity contribution in [2.75, 3.05) is 6.54 Å². The Morgan fingerprint density at radius 1 is 1.37 bits per heavy atom. The predicted molar refractivity (Wildman–Crippen MR) is 76.6 cm³/mol. The smallest absolute Gasteiger partial charge is 0.136 e. The van der Waals surface area contributed by atoms with Crippen LogP contribution in [-0.4, -0.2) is 24.5 Å². The lowest BCUT2D eigenvalue weighted by atomic mass is 9.89. The lowest BCUT2D eigenvalue weighted by Gasteiger charge is -2.35. The van der Waals surface area contributed by atoms with Crippen LogP contribution in [0.2, 0.25) is 0 Å². The summed E-state index contributed by atoms with van der Waals surface area (Å²) in [5.41, 5.74) is 1.05. The Morgan fingerprint density at radius 3 is 2.84 bits per heavy atom. The Labute approximate surface area is 115 Å². The number of hydrogen-bond donors (Lipinski definition) is 1. The van der Waals surface area contributed by atoms with Gasteiger partial charge in [-0.05, 0) is 37.1 Å². The number of Topliss-reactive ketones (excluding diaryl/α,β-unsaturated/α-hetero) is 1. The molecule has 3 nitrogen and oxygen atoms in total. The summed E-state index contributed by atoms with van der Waals surface area (Å²) in [5, 5.41) is 3.42. The van der Waals surface area contributed by atoms with Crippen molar-refractivity contribution in [2.24, 2.45) is 0 Å². The van der Waals surface area contributed by atoms with Crippen LogP contribution in [0.1, 0.15) is 38.7 Å². The molecule has 0 unspecified atom stereocenters. The number of ketones is 1. The fourth-order valence-corrected chi connectivity index (χ4v) is 2.39. The van der Waals surface area contributed by atoms with Crippen molar-refractivity contribution in [3.63, 3.8) is 0 Å². The van der Waals surface area contributed by atoms with E-state index in [0.717, 1.165) is 30.7 Å². The molecule has 0 atom stereocenters. The molecular weight excluding hydrogens is 238 g/mol. The first-order chi connectivity index (χ1) is 9.21. The van der Waals surface area contributed by atoms with Crippen LogP contribution in [0.5, 0.6) is 5.75 Å². The van der Waals surface area contributed by atoms with Gasteiger partial charge in [0.1, 0.15) is 17.6 Å². The molecule has 0 heterocycles. The molecule has 2 rings (SSSR count). The maximum Gasteiger partial charge on any atom is 0.136 e. The monoisotopic (exact) mass is 261 g/mol. The van der Waals surface area contributed by atoms with Gasteiger partial charge in [0, 0.05) is 18.9 Å². The van der Waals surface area contributed by atoms with Crippen LogP contribution in [0.25, 0.3) is 0 Å². The fraction of sp³-hybridized carbons (Fsp3) is 0.562. The number of rotatable bonds is 7. The highest BCUT2D eigenvalue weighted by Gasteiger charge is 2.29. The zero-order chi connectivity index (χ0) is 13.7. The van der Waals surface area contributed by atoms with Crippen LogP contribution >= 0.6 is 0 Å². The molecule has 3 heteroatoms. The van der Waals surface area contributed by atoms with Gasteiger partial charge in [-0.25, -0.2) is 0 Å². The first-order valence-electron chi connectivity index (χ1n) is 7.22. The van der Waals surface area contributed by atoms with Crippen molar-refractivity contribution in [3.05, 3.63) is 29.8 Å². The van der Waals surface area contributed by atoms with E-state index in [2.05, 4.69) is 12.2 Å². The minimum absolute atomic E-state index is 0.271. The maximum atomic E-state index is 11.4. The standard InChI is InChI=1S/C16H23NO2/c1-3-14(18)8-12-6-5-7-15(9-12)19-16-10-13(11-16)17-4-2/h5-7,9,13,16-17H,3-4,8,10-11H2,1-2H3/t13-,16-. The van der Waals surface area contributed by atoms with Crippen LogP contribution in [0.4, 0.5) is 0 Å². The molecule has 0 aromatic heterocycles. The van der Waals surface area contributed by atoms with E-state index in [1.165, 1.54) is 0 Å². The number of hydrogen-bond acceptors (Lipinski definition) is 3. The molecule has 1 aromatic carbocycles. The maximum absolute atomic E-state index is 11.4. The molecule has 1 N–H and O–H groups in total. The third-order valence-electron chi connectivity index (χ3n) is 3.58. The highest BCUT2D eigenvalue weighted by atomic mass is 16.5. The van der Waals surface area contributed by atoms with Crippen molar-refractivity contribution < 1.29 is 9.53 Å². The predicted octanol–water partition coefficient (Wildman–Crippen LogP) is 2.73. The van der Waals surface area contributed by atoms with E-state index in [0.29, 0.717) is 25.0 Å². The summed E-state index contributed by atoms with van der Waals surface area (Å²) in [7, 11) is 0. The van der Waals surface area contributed by atoms with E-state index in [-0.39, 0.29) is 5.78 Å². The second-order valence-corrected chi connectivity index (χ2v) is 5.18. The quantitative estimate of drug-likeness (QED) is 0.820. The topological polar surface area (TPSA) is 38.3 Å². The number of ether oxygens (including phenoxy) is 1. The lowest BCUT2D eigenvalue weighted by Crippen LogP contribution is -2.46. The van der Waals surface area contributed by atoms with Gasteiger partial charge in [-0.1, -0.05) is 26.0 Å². The van der Waals surface area contributed by atoms with Gasteiger partial charge < -0.3 is 10.1 Å². The van der Waals surface area contributed by atoms with Crippen LogP contribution in [0.15, 0.2) is 24.3 Å². The van der Waals surface area contributed by atoms with Crippen LogP contribution in [0, 0.1) is 0 Å². The van der Waals surface area contributed by atoms with Crippen LogP contribution < -0.4 is 10.1 Å². The SMILES string of the molecule is CCN[C@H]1C[C@H](Oc2cccc(CC(=O)CC)c2)C1. The van der Waals surface area contributed by atoms with Gasteiger partial charge in [0.05, 0.1) is 0 Å². The van der Waals surface area contributed by atoms with Crippen LogP contribution in [-0.2, 0) is 11.2 Å². The molecule has 0 amide bonds. The van der Waals surface area contributed by atoms with E-state index >= 15 is 0 Å². The molecule has 104 valence electrons. The Hall–Kier alpha value is -1.35. The van der Waals surface area contributed by atoms with E-state index in [4.69, 9.17) is 4.74 Å². The summed E-state index contributed by atoms with van der Waals surface area (Å²) in [6, 6.07) is 8.53. The van der Waals surface area contributed by atoms with Crippen molar-refractivity contribution in [1.82, 2.24) is 5.32 Å². The van der Waals surface area contributed by atoms with Gasteiger partial charge in [0.15, 0.2) is 0 Å². The second-order valence-electron chi connectivity index (χ2n) is 5.18. The zero-order valence-electron chi connectivity index (χ0n) is 11.8. The van der Waals surface area contributed by atoms with Gasteiger partial charge in [0.2, 0.25) is 0 Å². The second kappa shape index (κ2) is 6.71. The van der Waals surface area contributed by atoms with E-state index < -0.39 is 0 Å². The summed E-state index contributed by atoms with van der Waals surface area (Å²) in [6.07, 6.45) is 3.58. The first kappa shape index (κ1) is 14.1. The Morgan fingerprint density at radius 2 is 2.16 bits per heavy atom. The van der Waals surface area contributed by atoms with Crippen molar-refractivity contribution in [3.8, 4) is 5.75 Å². The molecule has 1 fully saturated rings. The summed E-state index contributed by atoms with van der Waals surface area (Å²) >= 11 is 0. The van der Waals surface area contributed by atoms with Gasteiger partial charge in [0.25, 0.3) is 0 Å². The van der Waals surface area contributed by atoms with Gasteiger partial charge in [-0.3, -0.25) is 4.79 Å². The molecule has 1 aromatic rings. The van der Waals surface area contributed by atoms with E-state index in [1.807, 2.05) is 31.2 Å². The molecule has 0 aliphatic heterocycles. The molecular formula is C16H23NO2. The molecule has 0 radical (unpaired) electrons. The van der Waals surface area contributed by atoms with Gasteiger partial charge in [-0.15, -0.1) is 0 Å². The van der Waals surface area contributed by atoms with Crippen molar-refractivity contribution in [2.45, 2.75) is 51.7 Å². The average molecular weight is 261 g/mol. The fourth-order valence-electron chi connectivity index (χ4n) is 2.39. The molecule has 0 bridgehead atoms. The number of benzene rings is 1. The highest BCUT2D eigenvalue weighted by molar-refractivity contribution is 5.80. The molecule has 0 spiro atoms. The van der Waals surface area contributed by atoms with Crippen LogP contribution in [0.3, 0.4) is 0 Å². The average Bonchev–Trinajstić information content (AvgIpc) is 2.36. The number of carbonyl (C=O) groups excluding carboxylic acids is 1. The van der Waals surface area contributed by atoms with Crippen molar-refractivity contribution >= 4 is 5.78 Å². The Balaban J connectivity index is 1.84. The Bertz CT molecular complexity index is 425. The minimum Gasteiger partial charge on any atom is -0.490 e. The highest BCUT2D eigenvalue weighted by Crippen LogP contribution is 2.26. The minimum atomic E-state index is 0.271. The first-order valence-corrected chi connectivity index (χ1v) is 7.22. The summed E-state index contributed by atoms with van der Waals surface area (Å²) in [5.74, 6) is 1.16.